The van der Waals surface area contributed by atoms with Crippen LogP contribution in [0.4, 0.5) is 4.79 Å². The predicted octanol–water partition coefficient (Wildman–Crippen LogP) is 3.03. The Morgan fingerprint density at radius 3 is 2.86 bits per heavy atom. The molecule has 6 heteroatoms. The molecule has 0 saturated carbocycles. The average molecular weight is 348 g/mol. The van der Waals surface area contributed by atoms with E-state index in [9.17, 15) is 4.79 Å². The molecule has 0 saturated heterocycles. The maximum atomic E-state index is 10.5. The number of ether oxygens (including phenoxy) is 1. The predicted molar refractivity (Wildman–Crippen MR) is 85.2 cm³/mol. The second-order valence-electron chi connectivity index (χ2n) is 4.19. The Balaban J connectivity index is 1.99. The number of nitrogens with two attached hydrogens (primary N) is 1. The van der Waals surface area contributed by atoms with E-state index < -0.39 is 6.03 Å². The molecule has 2 aromatic carbocycles. The number of carbonyl (C=O) groups excluding carboxylic acids is 1. The topological polar surface area (TPSA) is 76.7 Å². The third kappa shape index (κ3) is 4.92. The third-order valence-electron chi connectivity index (χ3n) is 2.60. The van der Waals surface area contributed by atoms with Crippen molar-refractivity contribution in [1.82, 2.24) is 5.43 Å². The molecular weight excluding hydrogens is 334 g/mol. The van der Waals surface area contributed by atoms with Crippen molar-refractivity contribution in [3.63, 3.8) is 0 Å². The number of hydrogen-bond acceptors (Lipinski definition) is 3. The molecule has 0 aliphatic carbocycles. The van der Waals surface area contributed by atoms with Gasteiger partial charge in [-0.15, -0.1) is 0 Å². The second kappa shape index (κ2) is 7.44. The molecule has 0 aromatic heterocycles. The molecule has 0 bridgehead atoms. The molecule has 0 radical (unpaired) electrons. The number of carbonyl (C=O) groups is 1. The Hall–Kier alpha value is -2.34. The number of halogens is 1. The zero-order valence-corrected chi connectivity index (χ0v) is 12.7. The summed E-state index contributed by atoms with van der Waals surface area (Å²) in [6.07, 6.45) is 1.50. The van der Waals surface area contributed by atoms with Gasteiger partial charge in [-0.05, 0) is 23.8 Å². The number of hydrazone groups is 1. The van der Waals surface area contributed by atoms with E-state index in [2.05, 4.69) is 26.5 Å². The van der Waals surface area contributed by atoms with Crippen LogP contribution in [0.1, 0.15) is 11.1 Å². The highest BCUT2D eigenvalue weighted by Crippen LogP contribution is 2.19. The van der Waals surface area contributed by atoms with Gasteiger partial charge in [0.2, 0.25) is 0 Å². The van der Waals surface area contributed by atoms with Crippen LogP contribution in [-0.2, 0) is 6.61 Å². The fourth-order valence-electron chi connectivity index (χ4n) is 1.63. The summed E-state index contributed by atoms with van der Waals surface area (Å²) >= 11 is 3.48. The summed E-state index contributed by atoms with van der Waals surface area (Å²) in [5.74, 6) is 0.716. The summed E-state index contributed by atoms with van der Waals surface area (Å²) in [5.41, 5.74) is 8.92. The van der Waals surface area contributed by atoms with Gasteiger partial charge in [-0.3, -0.25) is 0 Å². The lowest BCUT2D eigenvalue weighted by Crippen LogP contribution is -2.24. The first-order valence-electron chi connectivity index (χ1n) is 6.20. The van der Waals surface area contributed by atoms with Gasteiger partial charge in [0, 0.05) is 10.0 Å². The highest BCUT2D eigenvalue weighted by atomic mass is 79.9. The number of nitrogens with one attached hydrogen (secondary N) is 1. The molecule has 2 rings (SSSR count). The Morgan fingerprint density at radius 2 is 2.10 bits per heavy atom. The Kier molecular flexibility index (Phi) is 5.34. The lowest BCUT2D eigenvalue weighted by molar-refractivity contribution is 0.249. The van der Waals surface area contributed by atoms with Crippen molar-refractivity contribution in [2.45, 2.75) is 6.61 Å². The molecule has 21 heavy (non-hydrogen) atoms. The number of urea groups is 1. The van der Waals surface area contributed by atoms with Crippen LogP contribution in [-0.4, -0.2) is 12.2 Å². The summed E-state index contributed by atoms with van der Waals surface area (Å²) < 4.78 is 6.75. The first-order valence-corrected chi connectivity index (χ1v) is 6.99. The van der Waals surface area contributed by atoms with Gasteiger partial charge in [0.25, 0.3) is 0 Å². The van der Waals surface area contributed by atoms with Gasteiger partial charge in [-0.1, -0.05) is 46.3 Å². The molecule has 0 heterocycles. The monoisotopic (exact) mass is 347 g/mol. The van der Waals surface area contributed by atoms with Crippen molar-refractivity contribution in [2.24, 2.45) is 10.8 Å². The molecule has 3 N–H and O–H groups in total. The summed E-state index contributed by atoms with van der Waals surface area (Å²) in [6.45, 7) is 0.460. The van der Waals surface area contributed by atoms with Crippen molar-refractivity contribution in [1.29, 1.82) is 0 Å². The van der Waals surface area contributed by atoms with E-state index in [1.165, 1.54) is 6.21 Å². The van der Waals surface area contributed by atoms with E-state index in [1.807, 2.05) is 48.5 Å². The molecule has 5 nitrogen and oxygen atoms in total. The summed E-state index contributed by atoms with van der Waals surface area (Å²) in [7, 11) is 0. The number of primary amides is 1. The van der Waals surface area contributed by atoms with E-state index in [0.29, 0.717) is 12.4 Å². The second-order valence-corrected chi connectivity index (χ2v) is 5.04. The van der Waals surface area contributed by atoms with E-state index >= 15 is 0 Å². The van der Waals surface area contributed by atoms with Crippen LogP contribution in [0.5, 0.6) is 5.75 Å². The molecule has 0 fully saturated rings. The maximum Gasteiger partial charge on any atom is 0.332 e. The fraction of sp³-hybridized carbons (Fsp3) is 0.0667. The molecule has 2 aromatic rings. The minimum Gasteiger partial charge on any atom is -0.489 e. The van der Waals surface area contributed by atoms with Gasteiger partial charge in [-0.25, -0.2) is 10.2 Å². The minimum atomic E-state index is -0.701. The van der Waals surface area contributed by atoms with Crippen LogP contribution in [0.25, 0.3) is 0 Å². The van der Waals surface area contributed by atoms with E-state index in [-0.39, 0.29) is 0 Å². The fourth-order valence-corrected chi connectivity index (χ4v) is 2.03. The zero-order chi connectivity index (χ0) is 15.1. The van der Waals surface area contributed by atoms with Gasteiger partial charge in [0.05, 0.1) is 6.21 Å². The van der Waals surface area contributed by atoms with Crippen molar-refractivity contribution in [3.05, 3.63) is 64.1 Å². The molecule has 108 valence electrons. The number of benzene rings is 2. The molecule has 0 spiro atoms. The maximum absolute atomic E-state index is 10.5. The van der Waals surface area contributed by atoms with Crippen molar-refractivity contribution < 1.29 is 9.53 Å². The Labute approximate surface area is 130 Å². The van der Waals surface area contributed by atoms with Crippen LogP contribution in [0.15, 0.2) is 58.1 Å². The number of hydrogen-bond donors (Lipinski definition) is 2. The van der Waals surface area contributed by atoms with Crippen LogP contribution in [0, 0.1) is 0 Å². The molecule has 0 aliphatic rings. The summed E-state index contributed by atoms with van der Waals surface area (Å²) in [4.78, 5) is 10.5. The number of amides is 2. The van der Waals surface area contributed by atoms with E-state index in [4.69, 9.17) is 10.5 Å². The van der Waals surface area contributed by atoms with Crippen LogP contribution in [0.2, 0.25) is 0 Å². The lowest BCUT2D eigenvalue weighted by atomic mass is 10.2. The van der Waals surface area contributed by atoms with Crippen LogP contribution < -0.4 is 15.9 Å². The largest absolute Gasteiger partial charge is 0.489 e. The normalized spacial score (nSPS) is 10.5. The molecule has 2 amide bonds. The molecule has 0 aliphatic heterocycles. The van der Waals surface area contributed by atoms with Crippen molar-refractivity contribution in [3.8, 4) is 5.75 Å². The third-order valence-corrected chi connectivity index (χ3v) is 3.37. The van der Waals surface area contributed by atoms with Crippen LogP contribution in [0.3, 0.4) is 0 Å². The lowest BCUT2D eigenvalue weighted by Gasteiger charge is -2.08. The quantitative estimate of drug-likeness (QED) is 0.644. The van der Waals surface area contributed by atoms with Gasteiger partial charge in [0.1, 0.15) is 12.4 Å². The highest BCUT2D eigenvalue weighted by molar-refractivity contribution is 9.10. The van der Waals surface area contributed by atoms with E-state index in [1.54, 1.807) is 0 Å². The Bertz CT molecular complexity index is 659. The minimum absolute atomic E-state index is 0.460. The standard InChI is InChI=1S/C15H14BrN3O2/c16-14-7-2-1-5-12(14)10-21-13-6-3-4-11(8-13)9-18-19-15(17)20/h1-9H,10H2,(H3,17,19,20). The molecule has 0 atom stereocenters. The van der Waals surface area contributed by atoms with Gasteiger partial charge < -0.3 is 10.5 Å². The van der Waals surface area contributed by atoms with Crippen molar-refractivity contribution in [2.75, 3.05) is 0 Å². The summed E-state index contributed by atoms with van der Waals surface area (Å²) in [6, 6.07) is 14.5. The first kappa shape index (κ1) is 15.1. The first-order chi connectivity index (χ1) is 10.1. The summed E-state index contributed by atoms with van der Waals surface area (Å²) in [5, 5.41) is 3.70. The Morgan fingerprint density at radius 1 is 1.29 bits per heavy atom. The van der Waals surface area contributed by atoms with Crippen molar-refractivity contribution >= 4 is 28.2 Å². The van der Waals surface area contributed by atoms with Gasteiger partial charge >= 0.3 is 6.03 Å². The molecular formula is C15H14BrN3O2. The molecule has 0 unspecified atom stereocenters. The van der Waals surface area contributed by atoms with Gasteiger partial charge in [-0.2, -0.15) is 5.10 Å². The van der Waals surface area contributed by atoms with Crippen LogP contribution >= 0.6 is 15.9 Å². The average Bonchev–Trinajstić information content (AvgIpc) is 2.46. The number of rotatable bonds is 5. The van der Waals surface area contributed by atoms with Gasteiger partial charge in [0.15, 0.2) is 0 Å². The smallest absolute Gasteiger partial charge is 0.332 e. The number of nitrogens with zero attached hydrogens (tertiary/aromatic N) is 1. The zero-order valence-electron chi connectivity index (χ0n) is 11.1. The highest BCUT2D eigenvalue weighted by Gasteiger charge is 2.00. The van der Waals surface area contributed by atoms with E-state index in [0.717, 1.165) is 15.6 Å². The SMILES string of the molecule is NC(=O)NN=Cc1cccc(OCc2ccccc2Br)c1.